The van der Waals surface area contributed by atoms with E-state index in [1.54, 1.807) is 6.92 Å². The van der Waals surface area contributed by atoms with E-state index in [0.717, 1.165) is 45.1 Å². The molecule has 2 amide bonds. The van der Waals surface area contributed by atoms with Gasteiger partial charge in [-0.05, 0) is 78.7 Å². The van der Waals surface area contributed by atoms with Gasteiger partial charge in [0.15, 0.2) is 0 Å². The number of ether oxygens (including phenoxy) is 1. The zero-order chi connectivity index (χ0) is 23.6. The molecule has 2 saturated carbocycles. The van der Waals surface area contributed by atoms with Gasteiger partial charge in [-0.25, -0.2) is 4.79 Å². The minimum atomic E-state index is -0.247. The number of hydrogen-bond acceptors (Lipinski definition) is 5. The van der Waals surface area contributed by atoms with Crippen molar-refractivity contribution in [3.8, 4) is 0 Å². The fourth-order valence-electron chi connectivity index (χ4n) is 5.94. The summed E-state index contributed by atoms with van der Waals surface area (Å²) in [5.41, 5.74) is 0. The van der Waals surface area contributed by atoms with E-state index in [4.69, 9.17) is 4.74 Å². The average Bonchev–Trinajstić information content (AvgIpc) is 3.55. The van der Waals surface area contributed by atoms with Crippen molar-refractivity contribution >= 4 is 17.8 Å². The number of piperazine rings is 1. The van der Waals surface area contributed by atoms with Gasteiger partial charge in [0, 0.05) is 25.0 Å². The standard InChI is InChI=1S/C25H43N3O4/c1-7-19(15-26(6)14-18(5)29)21-10-11-22-23(12-21)27(25(31)32-16(2)3)13-17(4)28(22)24(30)20-8-9-20/h16-17,19-23H,7-15H2,1-6H3/t17-,19?,21?,22?,23?/m0/s1. The molecule has 182 valence electrons. The number of hydrogen-bond donors (Lipinski definition) is 0. The molecule has 0 aromatic carbocycles. The number of Topliss-reactive ketones (excluding diaryl/α,β-unsaturated/α-hetero) is 1. The summed E-state index contributed by atoms with van der Waals surface area (Å²) in [5.74, 6) is 1.60. The van der Waals surface area contributed by atoms with E-state index < -0.39 is 0 Å². The van der Waals surface area contributed by atoms with Crippen LogP contribution in [0.1, 0.15) is 73.1 Å². The second kappa shape index (κ2) is 10.5. The lowest BCUT2D eigenvalue weighted by Gasteiger charge is -2.54. The molecular weight excluding hydrogens is 406 g/mol. The fraction of sp³-hybridized carbons (Fsp3) is 0.880. The van der Waals surface area contributed by atoms with Crippen LogP contribution in [-0.4, -0.2) is 83.4 Å². The Morgan fingerprint density at radius 2 is 1.78 bits per heavy atom. The van der Waals surface area contributed by atoms with E-state index in [2.05, 4.69) is 23.6 Å². The average molecular weight is 450 g/mol. The van der Waals surface area contributed by atoms with Crippen LogP contribution in [0.4, 0.5) is 4.79 Å². The number of fused-ring (bicyclic) bond motifs is 1. The molecule has 1 heterocycles. The molecule has 0 radical (unpaired) electrons. The number of nitrogens with zero attached hydrogens (tertiary/aromatic N) is 3. The maximum absolute atomic E-state index is 13.2. The van der Waals surface area contributed by atoms with E-state index in [9.17, 15) is 14.4 Å². The Hall–Kier alpha value is -1.63. The molecule has 0 aromatic rings. The van der Waals surface area contributed by atoms with Gasteiger partial charge >= 0.3 is 6.09 Å². The molecule has 0 aromatic heterocycles. The summed E-state index contributed by atoms with van der Waals surface area (Å²) >= 11 is 0. The van der Waals surface area contributed by atoms with Crippen LogP contribution in [-0.2, 0) is 14.3 Å². The highest BCUT2D eigenvalue weighted by Gasteiger charge is 2.50. The molecule has 7 heteroatoms. The molecule has 7 nitrogen and oxygen atoms in total. The number of carbonyl (C=O) groups is 3. The van der Waals surface area contributed by atoms with Crippen molar-refractivity contribution < 1.29 is 19.1 Å². The number of ketones is 1. The zero-order valence-corrected chi connectivity index (χ0v) is 20.9. The minimum absolute atomic E-state index is 0.00561. The van der Waals surface area contributed by atoms with Gasteiger partial charge in [0.2, 0.25) is 5.91 Å². The maximum atomic E-state index is 13.2. The van der Waals surface area contributed by atoms with Crippen molar-refractivity contribution in [1.82, 2.24) is 14.7 Å². The lowest BCUT2D eigenvalue weighted by molar-refractivity contribution is -0.146. The Balaban J connectivity index is 1.79. The molecule has 0 spiro atoms. The van der Waals surface area contributed by atoms with E-state index in [1.807, 2.05) is 25.8 Å². The monoisotopic (exact) mass is 449 g/mol. The van der Waals surface area contributed by atoms with Crippen molar-refractivity contribution in [2.24, 2.45) is 17.8 Å². The van der Waals surface area contributed by atoms with Gasteiger partial charge in [0.05, 0.1) is 24.7 Å². The minimum Gasteiger partial charge on any atom is -0.447 e. The Morgan fingerprint density at radius 3 is 2.34 bits per heavy atom. The second-order valence-electron chi connectivity index (χ2n) is 10.7. The summed E-state index contributed by atoms with van der Waals surface area (Å²) in [6, 6.07) is 0.102. The van der Waals surface area contributed by atoms with Crippen LogP contribution in [0.15, 0.2) is 0 Å². The largest absolute Gasteiger partial charge is 0.447 e. The van der Waals surface area contributed by atoms with Crippen LogP contribution >= 0.6 is 0 Å². The third-order valence-electron chi connectivity index (χ3n) is 7.50. The smallest absolute Gasteiger partial charge is 0.410 e. The number of amides is 2. The third-order valence-corrected chi connectivity index (χ3v) is 7.50. The summed E-state index contributed by atoms with van der Waals surface area (Å²) in [7, 11) is 2.01. The summed E-state index contributed by atoms with van der Waals surface area (Å²) in [6.07, 6.45) is 5.52. The van der Waals surface area contributed by atoms with Crippen LogP contribution in [0, 0.1) is 17.8 Å². The van der Waals surface area contributed by atoms with Crippen LogP contribution in [0.5, 0.6) is 0 Å². The maximum Gasteiger partial charge on any atom is 0.410 e. The van der Waals surface area contributed by atoms with E-state index in [1.165, 1.54) is 0 Å². The van der Waals surface area contributed by atoms with Crippen molar-refractivity contribution in [1.29, 1.82) is 0 Å². The molecule has 3 aliphatic rings. The molecule has 1 saturated heterocycles. The Labute approximate surface area is 193 Å². The van der Waals surface area contributed by atoms with E-state index in [0.29, 0.717) is 24.9 Å². The van der Waals surface area contributed by atoms with Gasteiger partial charge in [0.25, 0.3) is 0 Å². The molecule has 3 fully saturated rings. The van der Waals surface area contributed by atoms with Crippen molar-refractivity contribution in [3.05, 3.63) is 0 Å². The first-order chi connectivity index (χ1) is 15.1. The molecule has 0 bridgehead atoms. The third kappa shape index (κ3) is 5.83. The first-order valence-electron chi connectivity index (χ1n) is 12.6. The number of likely N-dealkylation sites (N-methyl/N-ethyl adjacent to an activating group) is 1. The number of rotatable bonds is 8. The summed E-state index contributed by atoms with van der Waals surface area (Å²) in [5, 5.41) is 0. The highest BCUT2D eigenvalue weighted by atomic mass is 16.6. The van der Waals surface area contributed by atoms with Crippen LogP contribution in [0.2, 0.25) is 0 Å². The molecule has 4 unspecified atom stereocenters. The molecule has 0 N–H and O–H groups in total. The van der Waals surface area contributed by atoms with Crippen molar-refractivity contribution in [2.75, 3.05) is 26.7 Å². The second-order valence-corrected chi connectivity index (χ2v) is 10.7. The number of carbonyl (C=O) groups excluding carboxylic acids is 3. The summed E-state index contributed by atoms with van der Waals surface area (Å²) in [4.78, 5) is 43.9. The van der Waals surface area contributed by atoms with Gasteiger partial charge in [0.1, 0.15) is 5.78 Å². The Bertz CT molecular complexity index is 693. The molecule has 3 rings (SSSR count). The van der Waals surface area contributed by atoms with E-state index >= 15 is 0 Å². The molecular formula is C25H43N3O4. The zero-order valence-electron chi connectivity index (χ0n) is 20.9. The normalized spacial score (nSPS) is 29.1. The van der Waals surface area contributed by atoms with Gasteiger partial charge in [-0.2, -0.15) is 0 Å². The lowest BCUT2D eigenvalue weighted by Crippen LogP contribution is -2.67. The van der Waals surface area contributed by atoms with Crippen LogP contribution < -0.4 is 0 Å². The van der Waals surface area contributed by atoms with Crippen LogP contribution in [0.25, 0.3) is 0 Å². The summed E-state index contributed by atoms with van der Waals surface area (Å²) in [6.45, 7) is 11.6. The van der Waals surface area contributed by atoms with E-state index in [-0.39, 0.29) is 47.9 Å². The Kier molecular flexibility index (Phi) is 8.23. The topological polar surface area (TPSA) is 70.2 Å². The van der Waals surface area contributed by atoms with Crippen molar-refractivity contribution in [2.45, 2.75) is 97.4 Å². The van der Waals surface area contributed by atoms with Gasteiger partial charge < -0.3 is 14.5 Å². The van der Waals surface area contributed by atoms with Gasteiger partial charge in [-0.15, -0.1) is 0 Å². The summed E-state index contributed by atoms with van der Waals surface area (Å²) < 4.78 is 5.61. The first-order valence-corrected chi connectivity index (χ1v) is 12.6. The Morgan fingerprint density at radius 1 is 1.09 bits per heavy atom. The molecule has 1 aliphatic heterocycles. The van der Waals surface area contributed by atoms with Gasteiger partial charge in [-0.3, -0.25) is 14.5 Å². The highest BCUT2D eigenvalue weighted by Crippen LogP contribution is 2.42. The molecule has 5 atom stereocenters. The molecule has 32 heavy (non-hydrogen) atoms. The SMILES string of the molecule is CCC(CN(C)CC(C)=O)C1CCC2C(C1)N(C(=O)OC(C)C)C[C@H](C)N2C(=O)C1CC1. The first kappa shape index (κ1) is 25.0. The highest BCUT2D eigenvalue weighted by molar-refractivity contribution is 5.82. The van der Waals surface area contributed by atoms with Gasteiger partial charge in [-0.1, -0.05) is 13.3 Å². The predicted octanol–water partition coefficient (Wildman–Crippen LogP) is 3.56. The predicted molar refractivity (Wildman–Crippen MR) is 124 cm³/mol. The quantitative estimate of drug-likeness (QED) is 0.567. The van der Waals surface area contributed by atoms with Crippen LogP contribution in [0.3, 0.4) is 0 Å². The lowest BCUT2D eigenvalue weighted by atomic mass is 9.72. The molecule has 2 aliphatic carbocycles. The van der Waals surface area contributed by atoms with Crippen molar-refractivity contribution in [3.63, 3.8) is 0 Å². The fourth-order valence-corrected chi connectivity index (χ4v) is 5.94.